The lowest BCUT2D eigenvalue weighted by molar-refractivity contribution is -0.141. The van der Waals surface area contributed by atoms with Crippen LogP contribution in [0.4, 0.5) is 13.2 Å². The highest BCUT2D eigenvalue weighted by Gasteiger charge is 2.33. The zero-order chi connectivity index (χ0) is 12.5. The maximum Gasteiger partial charge on any atom is 0.435 e. The van der Waals surface area contributed by atoms with Crippen LogP contribution in [0.5, 0.6) is 0 Å². The van der Waals surface area contributed by atoms with E-state index in [9.17, 15) is 13.2 Å². The van der Waals surface area contributed by atoms with Gasteiger partial charge in [0.15, 0.2) is 5.69 Å². The highest BCUT2D eigenvalue weighted by molar-refractivity contribution is 5.11. The summed E-state index contributed by atoms with van der Waals surface area (Å²) in [4.78, 5) is 0. The number of rotatable bonds is 4. The largest absolute Gasteiger partial charge is 0.435 e. The molecule has 0 saturated heterocycles. The fourth-order valence-corrected chi connectivity index (χ4v) is 1.85. The fourth-order valence-electron chi connectivity index (χ4n) is 1.85. The Balaban J connectivity index is 2.02. The van der Waals surface area contributed by atoms with Gasteiger partial charge in [0.25, 0.3) is 0 Å². The van der Waals surface area contributed by atoms with E-state index < -0.39 is 11.9 Å². The monoisotopic (exact) mass is 245 g/mol. The van der Waals surface area contributed by atoms with Crippen molar-refractivity contribution < 1.29 is 13.2 Å². The van der Waals surface area contributed by atoms with Crippen LogP contribution < -0.4 is 5.32 Å². The van der Waals surface area contributed by atoms with Crippen molar-refractivity contribution in [2.75, 3.05) is 7.05 Å². The molecule has 1 saturated carbocycles. The van der Waals surface area contributed by atoms with Gasteiger partial charge in [-0.1, -0.05) is 0 Å². The fraction of sp³-hybridized carbons (Fsp3) is 0.636. The second-order valence-corrected chi connectivity index (χ2v) is 4.34. The number of likely N-dealkylation sites (N-methyl/N-ethyl adjacent to an activating group) is 1. The molecule has 0 radical (unpaired) electrons. The summed E-state index contributed by atoms with van der Waals surface area (Å²) in [6.07, 6.45) is -1.42. The first-order valence-electron chi connectivity index (χ1n) is 5.58. The predicted molar refractivity (Wildman–Crippen MR) is 56.3 cm³/mol. The standard InChI is InChI=1S/C11H14F3N3/c1-15-9(7-2-3-7)6-8-4-5-10(17-16-8)11(12,13)14/h4-5,7,9,15H,2-3,6H2,1H3. The molecule has 0 amide bonds. The van der Waals surface area contributed by atoms with Gasteiger partial charge < -0.3 is 5.32 Å². The molecular weight excluding hydrogens is 231 g/mol. The summed E-state index contributed by atoms with van der Waals surface area (Å²) in [6.45, 7) is 0. The van der Waals surface area contributed by atoms with Crippen LogP contribution >= 0.6 is 0 Å². The van der Waals surface area contributed by atoms with E-state index in [1.807, 2.05) is 7.05 Å². The zero-order valence-corrected chi connectivity index (χ0v) is 9.46. The van der Waals surface area contributed by atoms with Crippen molar-refractivity contribution in [2.45, 2.75) is 31.5 Å². The molecule has 1 aliphatic rings. The molecule has 6 heteroatoms. The predicted octanol–water partition coefficient (Wildman–Crippen LogP) is 2.04. The van der Waals surface area contributed by atoms with Crippen LogP contribution in [-0.2, 0) is 12.6 Å². The molecule has 2 rings (SSSR count). The van der Waals surface area contributed by atoms with Gasteiger partial charge in [-0.3, -0.25) is 0 Å². The SMILES string of the molecule is CNC(Cc1ccc(C(F)(F)F)nn1)C1CC1. The maximum atomic E-state index is 12.3. The van der Waals surface area contributed by atoms with Crippen molar-refractivity contribution in [2.24, 2.45) is 5.92 Å². The Labute approximate surface area is 97.4 Å². The van der Waals surface area contributed by atoms with E-state index in [-0.39, 0.29) is 0 Å². The molecule has 17 heavy (non-hydrogen) atoms. The summed E-state index contributed by atoms with van der Waals surface area (Å²) in [5.74, 6) is 0.629. The molecule has 1 atom stereocenters. The normalized spacial score (nSPS) is 18.1. The summed E-state index contributed by atoms with van der Waals surface area (Å²) >= 11 is 0. The van der Waals surface area contributed by atoms with Gasteiger partial charge in [-0.25, -0.2) is 0 Å². The third-order valence-electron chi connectivity index (χ3n) is 3.00. The topological polar surface area (TPSA) is 37.8 Å². The number of hydrogen-bond acceptors (Lipinski definition) is 3. The maximum absolute atomic E-state index is 12.3. The second kappa shape index (κ2) is 4.60. The average molecular weight is 245 g/mol. The minimum absolute atomic E-state index is 0.293. The Morgan fingerprint density at radius 2 is 2.06 bits per heavy atom. The summed E-state index contributed by atoms with van der Waals surface area (Å²) in [7, 11) is 1.86. The Morgan fingerprint density at radius 3 is 2.47 bits per heavy atom. The molecular formula is C11H14F3N3. The molecule has 0 aromatic carbocycles. The molecule has 1 N–H and O–H groups in total. The van der Waals surface area contributed by atoms with Crippen LogP contribution in [0.3, 0.4) is 0 Å². The van der Waals surface area contributed by atoms with Crippen LogP contribution in [-0.4, -0.2) is 23.3 Å². The van der Waals surface area contributed by atoms with Gasteiger partial charge in [0.05, 0.1) is 5.69 Å². The van der Waals surface area contributed by atoms with Gasteiger partial charge in [0.2, 0.25) is 0 Å². The van der Waals surface area contributed by atoms with Gasteiger partial charge in [0, 0.05) is 12.5 Å². The lowest BCUT2D eigenvalue weighted by Crippen LogP contribution is -2.30. The van der Waals surface area contributed by atoms with E-state index >= 15 is 0 Å². The second-order valence-electron chi connectivity index (χ2n) is 4.34. The molecule has 1 unspecified atom stereocenters. The number of aromatic nitrogens is 2. The van der Waals surface area contributed by atoms with Gasteiger partial charge in [-0.05, 0) is 37.9 Å². The lowest BCUT2D eigenvalue weighted by atomic mass is 10.1. The van der Waals surface area contributed by atoms with E-state index in [0.29, 0.717) is 24.1 Å². The van der Waals surface area contributed by atoms with Gasteiger partial charge >= 0.3 is 6.18 Å². The molecule has 3 nitrogen and oxygen atoms in total. The third kappa shape index (κ3) is 3.15. The molecule has 1 fully saturated rings. The van der Waals surface area contributed by atoms with Gasteiger partial charge in [-0.2, -0.15) is 18.3 Å². The van der Waals surface area contributed by atoms with E-state index in [1.165, 1.54) is 18.9 Å². The van der Waals surface area contributed by atoms with E-state index in [0.717, 1.165) is 6.07 Å². The smallest absolute Gasteiger partial charge is 0.316 e. The number of halogens is 3. The lowest BCUT2D eigenvalue weighted by Gasteiger charge is -2.14. The molecule has 0 aliphatic heterocycles. The molecule has 1 heterocycles. The van der Waals surface area contributed by atoms with Crippen LogP contribution in [0, 0.1) is 5.92 Å². The first kappa shape index (κ1) is 12.3. The summed E-state index contributed by atoms with van der Waals surface area (Å²) in [5.41, 5.74) is -0.335. The van der Waals surface area contributed by atoms with Crippen molar-refractivity contribution in [1.82, 2.24) is 15.5 Å². The Hall–Kier alpha value is -1.17. The van der Waals surface area contributed by atoms with E-state index in [2.05, 4.69) is 15.5 Å². The molecule has 0 bridgehead atoms. The first-order valence-corrected chi connectivity index (χ1v) is 5.58. The van der Waals surface area contributed by atoms with E-state index in [1.54, 1.807) is 0 Å². The van der Waals surface area contributed by atoms with Gasteiger partial charge in [-0.15, -0.1) is 5.10 Å². The summed E-state index contributed by atoms with van der Waals surface area (Å²) < 4.78 is 36.8. The summed E-state index contributed by atoms with van der Waals surface area (Å²) in [6, 6.07) is 2.69. The molecule has 94 valence electrons. The van der Waals surface area contributed by atoms with Crippen molar-refractivity contribution in [3.05, 3.63) is 23.5 Å². The Kier molecular flexibility index (Phi) is 3.33. The number of hydrogen-bond donors (Lipinski definition) is 1. The minimum Gasteiger partial charge on any atom is -0.316 e. The molecule has 0 spiro atoms. The molecule has 1 aromatic heterocycles. The highest BCUT2D eigenvalue weighted by Crippen LogP contribution is 2.33. The average Bonchev–Trinajstić information content (AvgIpc) is 3.09. The first-order chi connectivity index (χ1) is 8.00. The van der Waals surface area contributed by atoms with Crippen LogP contribution in [0.15, 0.2) is 12.1 Å². The van der Waals surface area contributed by atoms with Gasteiger partial charge in [0.1, 0.15) is 0 Å². The third-order valence-corrected chi connectivity index (χ3v) is 3.00. The Morgan fingerprint density at radius 1 is 1.35 bits per heavy atom. The van der Waals surface area contributed by atoms with Crippen molar-refractivity contribution in [1.29, 1.82) is 0 Å². The van der Waals surface area contributed by atoms with Crippen molar-refractivity contribution in [3.8, 4) is 0 Å². The number of alkyl halides is 3. The molecule has 1 aliphatic carbocycles. The quantitative estimate of drug-likeness (QED) is 0.882. The van der Waals surface area contributed by atoms with E-state index in [4.69, 9.17) is 0 Å². The highest BCUT2D eigenvalue weighted by atomic mass is 19.4. The van der Waals surface area contributed by atoms with Crippen molar-refractivity contribution >= 4 is 0 Å². The number of nitrogens with one attached hydrogen (secondary N) is 1. The summed E-state index contributed by atoms with van der Waals surface area (Å²) in [5, 5.41) is 10.0. The minimum atomic E-state index is -4.41. The van der Waals surface area contributed by atoms with Crippen molar-refractivity contribution in [3.63, 3.8) is 0 Å². The van der Waals surface area contributed by atoms with Crippen LogP contribution in [0.2, 0.25) is 0 Å². The van der Waals surface area contributed by atoms with Crippen LogP contribution in [0.25, 0.3) is 0 Å². The zero-order valence-electron chi connectivity index (χ0n) is 9.46. The number of nitrogens with zero attached hydrogens (tertiary/aromatic N) is 2. The Bertz CT molecular complexity index is 371. The molecule has 1 aromatic rings. The van der Waals surface area contributed by atoms with Crippen LogP contribution in [0.1, 0.15) is 24.2 Å².